The molecule has 1 atom stereocenters. The van der Waals surface area contributed by atoms with Gasteiger partial charge in [-0.05, 0) is 12.6 Å². The van der Waals surface area contributed by atoms with E-state index in [4.69, 9.17) is 0 Å². The van der Waals surface area contributed by atoms with Crippen molar-refractivity contribution in [3.63, 3.8) is 0 Å². The number of hydrogen-bond donors (Lipinski definition) is 2. The van der Waals surface area contributed by atoms with E-state index in [1.54, 1.807) is 20.2 Å². The summed E-state index contributed by atoms with van der Waals surface area (Å²) in [5, 5.41) is 16.5. The number of nitro benzene ring substituents is 1. The van der Waals surface area contributed by atoms with Gasteiger partial charge in [0.25, 0.3) is 5.69 Å². The molecule has 0 spiro atoms. The molecule has 0 aromatic heterocycles. The number of carbonyl (C=O) groups excluding carboxylic acids is 1. The third-order valence-electron chi connectivity index (χ3n) is 3.30. The Kier molecular flexibility index (Phi) is 6.10. The Morgan fingerprint density at radius 1 is 1.43 bits per heavy atom. The third-order valence-corrected chi connectivity index (χ3v) is 3.30. The van der Waals surface area contributed by atoms with E-state index in [1.807, 2.05) is 24.9 Å². The van der Waals surface area contributed by atoms with Gasteiger partial charge in [-0.2, -0.15) is 0 Å². The third kappa shape index (κ3) is 4.42. The highest BCUT2D eigenvalue weighted by molar-refractivity contribution is 5.78. The van der Waals surface area contributed by atoms with Crippen molar-refractivity contribution in [3.8, 4) is 0 Å². The molecule has 1 unspecified atom stereocenters. The van der Waals surface area contributed by atoms with Crippen LogP contribution in [0.25, 0.3) is 0 Å². The summed E-state index contributed by atoms with van der Waals surface area (Å²) < 4.78 is 0. The highest BCUT2D eigenvalue weighted by Crippen LogP contribution is 2.28. The minimum Gasteiger partial charge on any atom is -0.382 e. The minimum atomic E-state index is -0.400. The molecule has 116 valence electrons. The minimum absolute atomic E-state index is 0.0188. The monoisotopic (exact) mass is 294 g/mol. The topological polar surface area (TPSA) is 87.5 Å². The molecule has 2 N–H and O–H groups in total. The lowest BCUT2D eigenvalue weighted by molar-refractivity contribution is -0.384. The maximum atomic E-state index is 11.5. The molecular formula is C14H22N4O3. The van der Waals surface area contributed by atoms with E-state index < -0.39 is 4.92 Å². The summed E-state index contributed by atoms with van der Waals surface area (Å²) in [7, 11) is 5.16. The zero-order valence-corrected chi connectivity index (χ0v) is 12.8. The summed E-state index contributed by atoms with van der Waals surface area (Å²) in [5.41, 5.74) is 1.41. The van der Waals surface area contributed by atoms with E-state index in [-0.39, 0.29) is 17.5 Å². The van der Waals surface area contributed by atoms with Crippen LogP contribution in [0.15, 0.2) is 18.2 Å². The van der Waals surface area contributed by atoms with Crippen molar-refractivity contribution in [2.24, 2.45) is 5.92 Å². The first-order valence-corrected chi connectivity index (χ1v) is 6.74. The van der Waals surface area contributed by atoms with Crippen LogP contribution in [0.4, 0.5) is 11.4 Å². The quantitative estimate of drug-likeness (QED) is 0.587. The van der Waals surface area contributed by atoms with Crippen LogP contribution < -0.4 is 10.6 Å². The Labute approximate surface area is 124 Å². The first-order valence-electron chi connectivity index (χ1n) is 6.74. The van der Waals surface area contributed by atoms with Crippen LogP contribution in [0.3, 0.4) is 0 Å². The number of benzene rings is 1. The van der Waals surface area contributed by atoms with E-state index in [9.17, 15) is 14.9 Å². The molecule has 7 nitrogen and oxygen atoms in total. The molecule has 0 aliphatic carbocycles. The van der Waals surface area contributed by atoms with Crippen LogP contribution in [-0.4, -0.2) is 43.4 Å². The van der Waals surface area contributed by atoms with Crippen LogP contribution in [0, 0.1) is 16.0 Å². The summed E-state index contributed by atoms with van der Waals surface area (Å²) in [6.45, 7) is 2.95. The standard InChI is InChI=1S/C14H22N4O3/c1-10(14(19)16-3)8-17(4)9-11-6-5-7-12(18(20)21)13(11)15-2/h5-7,10,15H,8-9H2,1-4H3,(H,16,19). The molecule has 0 saturated heterocycles. The zero-order valence-electron chi connectivity index (χ0n) is 12.8. The number of nitro groups is 1. The molecule has 1 aromatic carbocycles. The van der Waals surface area contributed by atoms with E-state index in [2.05, 4.69) is 10.6 Å². The Hall–Kier alpha value is -2.15. The number of carbonyl (C=O) groups is 1. The average Bonchev–Trinajstić information content (AvgIpc) is 2.45. The number of amides is 1. The molecular weight excluding hydrogens is 272 g/mol. The molecule has 1 rings (SSSR count). The molecule has 0 aliphatic heterocycles. The summed E-state index contributed by atoms with van der Waals surface area (Å²) >= 11 is 0. The smallest absolute Gasteiger partial charge is 0.292 e. The van der Waals surface area contributed by atoms with E-state index >= 15 is 0 Å². The summed E-state index contributed by atoms with van der Waals surface area (Å²) in [4.78, 5) is 24.1. The first kappa shape index (κ1) is 16.9. The molecule has 0 bridgehead atoms. The Morgan fingerprint density at radius 3 is 2.62 bits per heavy atom. The van der Waals surface area contributed by atoms with Crippen molar-refractivity contribution >= 4 is 17.3 Å². The van der Waals surface area contributed by atoms with Gasteiger partial charge in [0.1, 0.15) is 5.69 Å². The van der Waals surface area contributed by atoms with E-state index in [1.165, 1.54) is 6.07 Å². The van der Waals surface area contributed by atoms with E-state index in [0.717, 1.165) is 5.56 Å². The van der Waals surface area contributed by atoms with Gasteiger partial charge in [-0.25, -0.2) is 0 Å². The van der Waals surface area contributed by atoms with Crippen molar-refractivity contribution < 1.29 is 9.72 Å². The molecule has 21 heavy (non-hydrogen) atoms. The largest absolute Gasteiger partial charge is 0.382 e. The average molecular weight is 294 g/mol. The number of nitrogens with zero attached hydrogens (tertiary/aromatic N) is 2. The number of para-hydroxylation sites is 1. The van der Waals surface area contributed by atoms with Crippen LogP contribution in [0.1, 0.15) is 12.5 Å². The molecule has 0 fully saturated rings. The zero-order chi connectivity index (χ0) is 16.0. The van der Waals surface area contributed by atoms with Crippen molar-refractivity contribution in [2.75, 3.05) is 33.0 Å². The molecule has 1 aromatic rings. The second-order valence-corrected chi connectivity index (χ2v) is 5.03. The highest BCUT2D eigenvalue weighted by atomic mass is 16.6. The number of rotatable bonds is 7. The molecule has 1 amide bonds. The fourth-order valence-corrected chi connectivity index (χ4v) is 2.31. The summed E-state index contributed by atoms with van der Waals surface area (Å²) in [5.74, 6) is -0.161. The first-order chi connectivity index (χ1) is 9.90. The second kappa shape index (κ2) is 7.58. The van der Waals surface area contributed by atoms with Crippen LogP contribution in [0.5, 0.6) is 0 Å². The number of nitrogens with one attached hydrogen (secondary N) is 2. The maximum absolute atomic E-state index is 11.5. The van der Waals surface area contributed by atoms with Crippen molar-refractivity contribution in [1.29, 1.82) is 0 Å². The molecule has 0 heterocycles. The summed E-state index contributed by atoms with van der Waals surface area (Å²) in [6, 6.07) is 4.99. The maximum Gasteiger partial charge on any atom is 0.292 e. The molecule has 7 heteroatoms. The summed E-state index contributed by atoms with van der Waals surface area (Å²) in [6.07, 6.45) is 0. The van der Waals surface area contributed by atoms with Crippen molar-refractivity contribution in [1.82, 2.24) is 10.2 Å². The second-order valence-electron chi connectivity index (χ2n) is 5.03. The molecule has 0 saturated carbocycles. The SMILES string of the molecule is CNC(=O)C(C)CN(C)Cc1cccc([N+](=O)[O-])c1NC. The predicted octanol–water partition coefficient (Wildman–Crippen LogP) is 1.45. The van der Waals surface area contributed by atoms with Crippen LogP contribution >= 0.6 is 0 Å². The number of hydrogen-bond acceptors (Lipinski definition) is 5. The fraction of sp³-hybridized carbons (Fsp3) is 0.500. The van der Waals surface area contributed by atoms with Gasteiger partial charge in [0.2, 0.25) is 5.91 Å². The van der Waals surface area contributed by atoms with Gasteiger partial charge in [-0.1, -0.05) is 19.1 Å². The van der Waals surface area contributed by atoms with Gasteiger partial charge in [-0.15, -0.1) is 0 Å². The predicted molar refractivity (Wildman–Crippen MR) is 82.2 cm³/mol. The van der Waals surface area contributed by atoms with Crippen LogP contribution in [0.2, 0.25) is 0 Å². The normalized spacial score (nSPS) is 12.0. The van der Waals surface area contributed by atoms with Gasteiger partial charge in [0.15, 0.2) is 0 Å². The lowest BCUT2D eigenvalue weighted by Gasteiger charge is -2.21. The van der Waals surface area contributed by atoms with Crippen LogP contribution in [-0.2, 0) is 11.3 Å². The lowest BCUT2D eigenvalue weighted by Crippen LogP contribution is -2.34. The fourth-order valence-electron chi connectivity index (χ4n) is 2.31. The van der Waals surface area contributed by atoms with E-state index in [0.29, 0.717) is 18.8 Å². The van der Waals surface area contributed by atoms with Gasteiger partial charge >= 0.3 is 0 Å². The Balaban J connectivity index is 2.85. The molecule has 0 aliphatic rings. The Morgan fingerprint density at radius 2 is 2.10 bits per heavy atom. The highest BCUT2D eigenvalue weighted by Gasteiger charge is 2.18. The van der Waals surface area contributed by atoms with Gasteiger partial charge in [0.05, 0.1) is 4.92 Å². The van der Waals surface area contributed by atoms with Gasteiger partial charge < -0.3 is 15.5 Å². The van der Waals surface area contributed by atoms with Gasteiger partial charge in [0, 0.05) is 39.2 Å². The van der Waals surface area contributed by atoms with Crippen molar-refractivity contribution in [2.45, 2.75) is 13.5 Å². The number of anilines is 1. The molecule has 0 radical (unpaired) electrons. The van der Waals surface area contributed by atoms with Crippen molar-refractivity contribution in [3.05, 3.63) is 33.9 Å². The Bertz CT molecular complexity index is 519. The van der Waals surface area contributed by atoms with Gasteiger partial charge in [-0.3, -0.25) is 14.9 Å². The lowest BCUT2D eigenvalue weighted by atomic mass is 10.1.